The summed E-state index contributed by atoms with van der Waals surface area (Å²) in [6, 6.07) is 11.9. The van der Waals surface area contributed by atoms with Gasteiger partial charge >= 0.3 is 0 Å². The lowest BCUT2D eigenvalue weighted by atomic mass is 10.1. The van der Waals surface area contributed by atoms with Gasteiger partial charge in [0.05, 0.1) is 17.0 Å². The maximum absolute atomic E-state index is 12.2. The highest BCUT2D eigenvalue weighted by Gasteiger charge is 2.23. The highest BCUT2D eigenvalue weighted by atomic mass is 35.5. The lowest BCUT2D eigenvalue weighted by Gasteiger charge is -2.23. The number of anilines is 1. The molecule has 0 unspecified atom stereocenters. The summed E-state index contributed by atoms with van der Waals surface area (Å²) in [5.74, 6) is -0.425. The van der Waals surface area contributed by atoms with Gasteiger partial charge in [0, 0.05) is 16.6 Å². The molecule has 0 aliphatic heterocycles. The zero-order valence-corrected chi connectivity index (χ0v) is 17.7. The number of rotatable bonds is 8. The third-order valence-corrected chi connectivity index (χ3v) is 5.80. The number of carbonyl (C=O) groups is 1. The molecule has 0 aliphatic carbocycles. The summed E-state index contributed by atoms with van der Waals surface area (Å²) in [6.07, 6.45) is 2.40. The van der Waals surface area contributed by atoms with E-state index in [1.54, 1.807) is 0 Å². The van der Waals surface area contributed by atoms with Gasteiger partial charge in [-0.3, -0.25) is 9.10 Å². The number of carbonyl (C=O) groups excluding carboxylic acids is 1. The fourth-order valence-electron chi connectivity index (χ4n) is 2.46. The van der Waals surface area contributed by atoms with Crippen molar-refractivity contribution in [2.24, 2.45) is 0 Å². The normalized spacial score (nSPS) is 11.3. The minimum absolute atomic E-state index is 0.152. The summed E-state index contributed by atoms with van der Waals surface area (Å²) in [6.45, 7) is 0.0300. The highest BCUT2D eigenvalue weighted by Crippen LogP contribution is 2.30. The van der Waals surface area contributed by atoms with Crippen molar-refractivity contribution >= 4 is 56.4 Å². The second-order valence-corrected chi connectivity index (χ2v) is 9.07. The molecule has 1 amide bonds. The average Bonchev–Trinajstić information content (AvgIpc) is 2.58. The Balaban J connectivity index is 1.95. The molecule has 5 nitrogen and oxygen atoms in total. The molecule has 0 aliphatic rings. The Morgan fingerprint density at radius 2 is 1.78 bits per heavy atom. The van der Waals surface area contributed by atoms with E-state index in [0.29, 0.717) is 29.4 Å². The molecule has 1 N–H and O–H groups in total. The topological polar surface area (TPSA) is 66.5 Å². The number of hydrogen-bond donors (Lipinski definition) is 1. The van der Waals surface area contributed by atoms with Crippen LogP contribution in [-0.2, 0) is 21.2 Å². The van der Waals surface area contributed by atoms with Crippen LogP contribution in [0, 0.1) is 0 Å². The van der Waals surface area contributed by atoms with Gasteiger partial charge in [0.2, 0.25) is 15.9 Å². The van der Waals surface area contributed by atoms with E-state index in [1.165, 1.54) is 18.2 Å². The smallest absolute Gasteiger partial charge is 0.240 e. The van der Waals surface area contributed by atoms with Gasteiger partial charge in [0.1, 0.15) is 6.54 Å². The fraction of sp³-hybridized carbons (Fsp3) is 0.278. The quantitative estimate of drug-likeness (QED) is 0.615. The predicted molar refractivity (Wildman–Crippen MR) is 111 cm³/mol. The molecule has 0 bridgehead atoms. The van der Waals surface area contributed by atoms with Crippen LogP contribution < -0.4 is 9.62 Å². The molecule has 27 heavy (non-hydrogen) atoms. The molecule has 0 spiro atoms. The number of nitrogens with one attached hydrogen (secondary N) is 1. The number of benzene rings is 2. The van der Waals surface area contributed by atoms with E-state index < -0.39 is 15.9 Å². The van der Waals surface area contributed by atoms with Gasteiger partial charge in [-0.1, -0.05) is 53.0 Å². The summed E-state index contributed by atoms with van der Waals surface area (Å²) >= 11 is 18.0. The highest BCUT2D eigenvalue weighted by molar-refractivity contribution is 7.92. The van der Waals surface area contributed by atoms with Crippen LogP contribution in [0.25, 0.3) is 0 Å². The average molecular weight is 450 g/mol. The Hall–Kier alpha value is -1.47. The third-order valence-electron chi connectivity index (χ3n) is 3.77. The van der Waals surface area contributed by atoms with Crippen LogP contribution in [0.5, 0.6) is 0 Å². The second-order valence-electron chi connectivity index (χ2n) is 5.91. The van der Waals surface area contributed by atoms with Gasteiger partial charge < -0.3 is 5.32 Å². The van der Waals surface area contributed by atoms with E-state index >= 15 is 0 Å². The minimum Gasteiger partial charge on any atom is -0.355 e. The molecule has 9 heteroatoms. The molecule has 0 saturated carbocycles. The van der Waals surface area contributed by atoms with E-state index in [4.69, 9.17) is 34.8 Å². The maximum atomic E-state index is 12.2. The first-order chi connectivity index (χ1) is 12.7. The molecule has 0 saturated heterocycles. The number of hydrogen-bond acceptors (Lipinski definition) is 3. The standard InChI is InChI=1S/C18H19Cl3N2O3S/c1-27(25,26)23(17-9-8-14(19)11-16(17)21)12-18(24)22-10-4-6-13-5-2-3-7-15(13)20/h2-3,5,7-9,11H,4,6,10,12H2,1H3,(H,22,24). The summed E-state index contributed by atoms with van der Waals surface area (Å²) in [4.78, 5) is 12.2. The van der Waals surface area contributed by atoms with Gasteiger partial charge in [0.15, 0.2) is 0 Å². The summed E-state index contributed by atoms with van der Waals surface area (Å²) < 4.78 is 25.1. The summed E-state index contributed by atoms with van der Waals surface area (Å²) in [5, 5.41) is 3.93. The first-order valence-corrected chi connectivity index (χ1v) is 11.1. The Morgan fingerprint density at radius 3 is 2.41 bits per heavy atom. The number of nitrogens with zero attached hydrogens (tertiary/aromatic N) is 1. The Labute approximate surface area is 174 Å². The number of halogens is 3. The molecule has 146 valence electrons. The van der Waals surface area contributed by atoms with Crippen molar-refractivity contribution in [3.8, 4) is 0 Å². The van der Waals surface area contributed by atoms with Crippen molar-refractivity contribution in [2.75, 3.05) is 23.7 Å². The molecule has 0 fully saturated rings. The summed E-state index contributed by atoms with van der Waals surface area (Å²) in [7, 11) is -3.70. The first kappa shape index (κ1) is 21.8. The van der Waals surface area contributed by atoms with E-state index in [-0.39, 0.29) is 17.3 Å². The monoisotopic (exact) mass is 448 g/mol. The van der Waals surface area contributed by atoms with Crippen molar-refractivity contribution in [3.05, 3.63) is 63.1 Å². The van der Waals surface area contributed by atoms with Gasteiger partial charge in [-0.2, -0.15) is 0 Å². The van der Waals surface area contributed by atoms with Gasteiger partial charge in [0.25, 0.3) is 0 Å². The van der Waals surface area contributed by atoms with Crippen molar-refractivity contribution in [2.45, 2.75) is 12.8 Å². The molecular formula is C18H19Cl3N2O3S. The fourth-order valence-corrected chi connectivity index (χ4v) is 4.12. The lowest BCUT2D eigenvalue weighted by molar-refractivity contribution is -0.119. The van der Waals surface area contributed by atoms with Crippen LogP contribution in [0.3, 0.4) is 0 Å². The molecule has 2 aromatic rings. The molecule has 2 rings (SSSR count). The molecule has 0 aromatic heterocycles. The van der Waals surface area contributed by atoms with Gasteiger partial charge in [-0.05, 0) is 42.7 Å². The van der Waals surface area contributed by atoms with E-state index in [2.05, 4.69) is 5.32 Å². The zero-order chi connectivity index (χ0) is 20.0. The van der Waals surface area contributed by atoms with Crippen molar-refractivity contribution < 1.29 is 13.2 Å². The van der Waals surface area contributed by atoms with E-state index in [0.717, 1.165) is 16.1 Å². The van der Waals surface area contributed by atoms with Crippen molar-refractivity contribution in [3.63, 3.8) is 0 Å². The predicted octanol–water partition coefficient (Wildman–Crippen LogP) is 4.16. The van der Waals surface area contributed by atoms with Crippen LogP contribution >= 0.6 is 34.8 Å². The number of sulfonamides is 1. The molecule has 0 atom stereocenters. The van der Waals surface area contributed by atoms with Crippen LogP contribution in [0.15, 0.2) is 42.5 Å². The number of aryl methyl sites for hydroxylation is 1. The minimum atomic E-state index is -3.70. The van der Waals surface area contributed by atoms with Crippen LogP contribution in [0.1, 0.15) is 12.0 Å². The lowest BCUT2D eigenvalue weighted by Crippen LogP contribution is -2.40. The van der Waals surface area contributed by atoms with E-state index in [9.17, 15) is 13.2 Å². The number of amides is 1. The van der Waals surface area contributed by atoms with E-state index in [1.807, 2.05) is 24.3 Å². The summed E-state index contributed by atoms with van der Waals surface area (Å²) in [5.41, 5.74) is 1.20. The van der Waals surface area contributed by atoms with Gasteiger partial charge in [-0.25, -0.2) is 8.42 Å². The SMILES string of the molecule is CS(=O)(=O)N(CC(=O)NCCCc1ccccc1Cl)c1ccc(Cl)cc1Cl. The van der Waals surface area contributed by atoms with Crippen LogP contribution in [-0.4, -0.2) is 33.7 Å². The van der Waals surface area contributed by atoms with Crippen LogP contribution in [0.2, 0.25) is 15.1 Å². The molecule has 0 heterocycles. The molecular weight excluding hydrogens is 431 g/mol. The van der Waals surface area contributed by atoms with Crippen molar-refractivity contribution in [1.82, 2.24) is 5.32 Å². The third kappa shape index (κ3) is 6.57. The first-order valence-electron chi connectivity index (χ1n) is 8.11. The maximum Gasteiger partial charge on any atom is 0.240 e. The Bertz CT molecular complexity index is 920. The molecule has 2 aromatic carbocycles. The zero-order valence-electron chi connectivity index (χ0n) is 14.6. The molecule has 0 radical (unpaired) electrons. The van der Waals surface area contributed by atoms with Crippen molar-refractivity contribution in [1.29, 1.82) is 0 Å². The Kier molecular flexibility index (Phi) is 7.79. The van der Waals surface area contributed by atoms with Crippen LogP contribution in [0.4, 0.5) is 5.69 Å². The second kappa shape index (κ2) is 9.64. The van der Waals surface area contributed by atoms with Gasteiger partial charge in [-0.15, -0.1) is 0 Å². The largest absolute Gasteiger partial charge is 0.355 e. The Morgan fingerprint density at radius 1 is 1.07 bits per heavy atom.